The number of benzene rings is 3. The standard InChI is InChI=1S/C28H34N2O6S/c1-20(2)16-30(37(32,33)24-12-13-27-28(15-24)36-19-35-27)17-26(31)25(29)14-21-8-10-23(11-9-21)34-18-22-6-4-3-5-7-22/h3-13,15,20,25-26,31H,14,16-19,29H2,1-2H3/t25?,26-/m1/s1. The molecule has 2 atom stereocenters. The molecule has 198 valence electrons. The molecule has 0 saturated heterocycles. The molecule has 0 fully saturated rings. The van der Waals surface area contributed by atoms with Crippen molar-refractivity contribution in [3.8, 4) is 17.2 Å². The van der Waals surface area contributed by atoms with Gasteiger partial charge in [-0.05, 0) is 47.7 Å². The van der Waals surface area contributed by atoms with Gasteiger partial charge in [0.15, 0.2) is 11.5 Å². The molecule has 1 aliphatic rings. The zero-order chi connectivity index (χ0) is 26.4. The Morgan fingerprint density at radius 2 is 1.65 bits per heavy atom. The summed E-state index contributed by atoms with van der Waals surface area (Å²) in [6, 6.07) is 21.3. The molecule has 9 heteroatoms. The third kappa shape index (κ3) is 7.01. The first-order chi connectivity index (χ1) is 17.7. The molecular weight excluding hydrogens is 492 g/mol. The zero-order valence-corrected chi connectivity index (χ0v) is 21.9. The maximum Gasteiger partial charge on any atom is 0.243 e. The Bertz CT molecular complexity index is 1270. The number of nitrogens with two attached hydrogens (primary N) is 1. The van der Waals surface area contributed by atoms with Crippen molar-refractivity contribution in [1.29, 1.82) is 0 Å². The molecule has 1 aliphatic heterocycles. The first kappa shape index (κ1) is 26.9. The van der Waals surface area contributed by atoms with Crippen molar-refractivity contribution < 1.29 is 27.7 Å². The maximum atomic E-state index is 13.4. The highest BCUT2D eigenvalue weighted by atomic mass is 32.2. The molecule has 3 N–H and O–H groups in total. The van der Waals surface area contributed by atoms with E-state index in [4.69, 9.17) is 19.9 Å². The molecule has 0 bridgehead atoms. The smallest absolute Gasteiger partial charge is 0.243 e. The average molecular weight is 527 g/mol. The molecule has 37 heavy (non-hydrogen) atoms. The number of nitrogens with zero attached hydrogens (tertiary/aromatic N) is 1. The Kier molecular flexibility index (Phi) is 8.71. The molecular formula is C28H34N2O6S. The Morgan fingerprint density at radius 3 is 2.35 bits per heavy atom. The van der Waals surface area contributed by atoms with E-state index in [1.165, 1.54) is 16.4 Å². The predicted octanol–water partition coefficient (Wildman–Crippen LogP) is 3.57. The molecule has 0 amide bonds. The fraction of sp³-hybridized carbons (Fsp3) is 0.357. The lowest BCUT2D eigenvalue weighted by Gasteiger charge is -2.28. The third-order valence-electron chi connectivity index (χ3n) is 6.08. The topological polar surface area (TPSA) is 111 Å². The van der Waals surface area contributed by atoms with Crippen LogP contribution in [0.3, 0.4) is 0 Å². The number of aliphatic hydroxyl groups excluding tert-OH is 1. The van der Waals surface area contributed by atoms with E-state index in [1.807, 2.05) is 68.4 Å². The van der Waals surface area contributed by atoms with E-state index in [1.54, 1.807) is 6.07 Å². The first-order valence-corrected chi connectivity index (χ1v) is 13.8. The summed E-state index contributed by atoms with van der Waals surface area (Å²) >= 11 is 0. The van der Waals surface area contributed by atoms with Gasteiger partial charge < -0.3 is 25.1 Å². The maximum absolute atomic E-state index is 13.4. The lowest BCUT2D eigenvalue weighted by Crippen LogP contribution is -2.47. The number of rotatable bonds is 12. The van der Waals surface area contributed by atoms with Gasteiger partial charge in [-0.2, -0.15) is 4.31 Å². The number of hydrogen-bond donors (Lipinski definition) is 2. The van der Waals surface area contributed by atoms with E-state index in [2.05, 4.69) is 0 Å². The molecule has 1 heterocycles. The highest BCUT2D eigenvalue weighted by Gasteiger charge is 2.31. The van der Waals surface area contributed by atoms with Crippen LogP contribution in [0.25, 0.3) is 0 Å². The van der Waals surface area contributed by atoms with Crippen LogP contribution in [-0.2, 0) is 23.1 Å². The van der Waals surface area contributed by atoms with Crippen molar-refractivity contribution in [2.24, 2.45) is 11.7 Å². The lowest BCUT2D eigenvalue weighted by molar-refractivity contribution is 0.116. The molecule has 3 aromatic carbocycles. The first-order valence-electron chi connectivity index (χ1n) is 12.3. The van der Waals surface area contributed by atoms with Crippen LogP contribution in [0.5, 0.6) is 17.2 Å². The summed E-state index contributed by atoms with van der Waals surface area (Å²) in [4.78, 5) is 0.0873. The van der Waals surface area contributed by atoms with Crippen LogP contribution in [0.1, 0.15) is 25.0 Å². The normalized spacial score (nSPS) is 14.6. The van der Waals surface area contributed by atoms with Crippen LogP contribution in [0.2, 0.25) is 0 Å². The van der Waals surface area contributed by atoms with Crippen molar-refractivity contribution in [2.45, 2.75) is 43.9 Å². The Labute approximate surface area is 218 Å². The molecule has 4 rings (SSSR count). The van der Waals surface area contributed by atoms with E-state index in [0.717, 1.165) is 16.9 Å². The quantitative estimate of drug-likeness (QED) is 0.371. The van der Waals surface area contributed by atoms with E-state index < -0.39 is 22.2 Å². The van der Waals surface area contributed by atoms with Gasteiger partial charge in [0.05, 0.1) is 11.0 Å². The number of hydrogen-bond acceptors (Lipinski definition) is 7. The number of fused-ring (bicyclic) bond motifs is 1. The fourth-order valence-electron chi connectivity index (χ4n) is 4.08. The van der Waals surface area contributed by atoms with Gasteiger partial charge in [0, 0.05) is 25.2 Å². The van der Waals surface area contributed by atoms with Crippen LogP contribution < -0.4 is 19.9 Å². The van der Waals surface area contributed by atoms with E-state index in [-0.39, 0.29) is 30.7 Å². The molecule has 3 aromatic rings. The summed E-state index contributed by atoms with van der Waals surface area (Å²) in [7, 11) is -3.89. The largest absolute Gasteiger partial charge is 0.489 e. The van der Waals surface area contributed by atoms with Crippen molar-refractivity contribution in [3.63, 3.8) is 0 Å². The van der Waals surface area contributed by atoms with Gasteiger partial charge in [-0.25, -0.2) is 8.42 Å². The van der Waals surface area contributed by atoms with Crippen molar-refractivity contribution in [1.82, 2.24) is 4.31 Å². The van der Waals surface area contributed by atoms with Gasteiger partial charge >= 0.3 is 0 Å². The summed E-state index contributed by atoms with van der Waals surface area (Å²) in [5.41, 5.74) is 8.32. The monoisotopic (exact) mass is 526 g/mol. The molecule has 0 aromatic heterocycles. The minimum absolute atomic E-state index is 0.0515. The molecule has 0 saturated carbocycles. The highest BCUT2D eigenvalue weighted by Crippen LogP contribution is 2.34. The molecule has 8 nitrogen and oxygen atoms in total. The van der Waals surface area contributed by atoms with Gasteiger partial charge in [0.1, 0.15) is 12.4 Å². The summed E-state index contributed by atoms with van der Waals surface area (Å²) in [5.74, 6) is 1.68. The number of aliphatic hydroxyl groups is 1. The third-order valence-corrected chi connectivity index (χ3v) is 7.91. The van der Waals surface area contributed by atoms with Crippen molar-refractivity contribution in [3.05, 3.63) is 83.9 Å². The van der Waals surface area contributed by atoms with Gasteiger partial charge in [-0.15, -0.1) is 0 Å². The summed E-state index contributed by atoms with van der Waals surface area (Å²) in [6.07, 6.45) is -0.670. The summed E-state index contributed by atoms with van der Waals surface area (Å²) in [6.45, 7) is 4.51. The predicted molar refractivity (Wildman–Crippen MR) is 141 cm³/mol. The summed E-state index contributed by atoms with van der Waals surface area (Å²) < 4.78 is 44.6. The van der Waals surface area contributed by atoms with Crippen molar-refractivity contribution >= 4 is 10.0 Å². The second-order valence-corrected chi connectivity index (χ2v) is 11.5. The van der Waals surface area contributed by atoms with Gasteiger partial charge in [-0.1, -0.05) is 56.3 Å². The SMILES string of the molecule is CC(C)CN(C[C@@H](O)C(N)Cc1ccc(OCc2ccccc2)cc1)S(=O)(=O)c1ccc2c(c1)OCO2. The Balaban J connectivity index is 1.38. The van der Waals surface area contributed by atoms with E-state index in [0.29, 0.717) is 24.5 Å². The minimum atomic E-state index is -3.89. The molecule has 0 radical (unpaired) electrons. The van der Waals surface area contributed by atoms with Crippen LogP contribution >= 0.6 is 0 Å². The van der Waals surface area contributed by atoms with Crippen LogP contribution in [-0.4, -0.2) is 49.9 Å². The lowest BCUT2D eigenvalue weighted by atomic mass is 10.0. The van der Waals surface area contributed by atoms with Crippen molar-refractivity contribution in [2.75, 3.05) is 19.9 Å². The van der Waals surface area contributed by atoms with Gasteiger partial charge in [-0.3, -0.25) is 0 Å². The number of ether oxygens (including phenoxy) is 3. The second kappa shape index (κ2) is 12.0. The average Bonchev–Trinajstić information content (AvgIpc) is 3.36. The molecule has 0 aliphatic carbocycles. The van der Waals surface area contributed by atoms with E-state index >= 15 is 0 Å². The van der Waals surface area contributed by atoms with Crippen LogP contribution in [0.4, 0.5) is 0 Å². The minimum Gasteiger partial charge on any atom is -0.489 e. The Morgan fingerprint density at radius 1 is 0.946 bits per heavy atom. The van der Waals surface area contributed by atoms with E-state index in [9.17, 15) is 13.5 Å². The highest BCUT2D eigenvalue weighted by molar-refractivity contribution is 7.89. The Hall–Kier alpha value is -3.11. The second-order valence-electron chi connectivity index (χ2n) is 9.58. The zero-order valence-electron chi connectivity index (χ0n) is 21.1. The van der Waals surface area contributed by atoms with Gasteiger partial charge in [0.2, 0.25) is 16.8 Å². The van der Waals surface area contributed by atoms with Gasteiger partial charge in [0.25, 0.3) is 0 Å². The number of sulfonamides is 1. The fourth-order valence-corrected chi connectivity index (χ4v) is 5.72. The summed E-state index contributed by atoms with van der Waals surface area (Å²) in [5, 5.41) is 10.9. The van der Waals surface area contributed by atoms with Crippen LogP contribution in [0, 0.1) is 5.92 Å². The molecule has 1 unspecified atom stereocenters. The van der Waals surface area contributed by atoms with Crippen LogP contribution in [0.15, 0.2) is 77.7 Å². The molecule has 0 spiro atoms.